The van der Waals surface area contributed by atoms with Crippen molar-refractivity contribution in [3.05, 3.63) is 50.0 Å². The maximum Gasteiger partial charge on any atom is 0.269 e. The number of hydrogen-bond donors (Lipinski definition) is 1. The van der Waals surface area contributed by atoms with E-state index in [1.165, 1.54) is 12.1 Å². The van der Waals surface area contributed by atoms with E-state index in [1.54, 1.807) is 12.1 Å². The summed E-state index contributed by atoms with van der Waals surface area (Å²) in [6.07, 6.45) is 0. The van der Waals surface area contributed by atoms with E-state index in [9.17, 15) is 10.1 Å². The minimum atomic E-state index is -0.447. The number of nitrogens with zero attached hydrogens (tertiary/aromatic N) is 3. The molecule has 0 saturated carbocycles. The molecule has 0 unspecified atom stereocenters. The maximum absolute atomic E-state index is 10.6. The maximum atomic E-state index is 10.6. The van der Waals surface area contributed by atoms with E-state index in [4.69, 9.17) is 16.9 Å². The van der Waals surface area contributed by atoms with E-state index < -0.39 is 4.92 Å². The van der Waals surface area contributed by atoms with Gasteiger partial charge >= 0.3 is 0 Å². The van der Waals surface area contributed by atoms with Crippen LogP contribution < -0.4 is 5.32 Å². The molecule has 1 aromatic heterocycles. The summed E-state index contributed by atoms with van der Waals surface area (Å²) in [5.41, 5.74) is 0.785. The van der Waals surface area contributed by atoms with Gasteiger partial charge in [-0.3, -0.25) is 10.1 Å². The van der Waals surface area contributed by atoms with Crippen LogP contribution in [0.1, 0.15) is 10.4 Å². The monoisotopic (exact) mass is 294 g/mol. The van der Waals surface area contributed by atoms with Crippen LogP contribution in [0.2, 0.25) is 5.15 Å². The predicted molar refractivity (Wildman–Crippen MR) is 72.3 cm³/mol. The summed E-state index contributed by atoms with van der Waals surface area (Å²) in [5, 5.41) is 23.0. The Morgan fingerprint density at radius 2 is 2.37 bits per heavy atom. The van der Waals surface area contributed by atoms with E-state index in [0.29, 0.717) is 16.6 Å². The van der Waals surface area contributed by atoms with Crippen molar-refractivity contribution in [2.75, 3.05) is 5.32 Å². The summed E-state index contributed by atoms with van der Waals surface area (Å²) in [6.45, 7) is 0.371. The van der Waals surface area contributed by atoms with Gasteiger partial charge in [-0.25, -0.2) is 4.98 Å². The number of halogens is 1. The lowest BCUT2D eigenvalue weighted by Gasteiger charge is -2.02. The molecule has 8 heteroatoms. The number of non-ortho nitro benzene ring substituents is 1. The minimum Gasteiger partial charge on any atom is -0.357 e. The van der Waals surface area contributed by atoms with E-state index in [-0.39, 0.29) is 10.8 Å². The first-order valence-electron chi connectivity index (χ1n) is 5.14. The molecule has 0 bridgehead atoms. The highest BCUT2D eigenvalue weighted by Crippen LogP contribution is 2.26. The van der Waals surface area contributed by atoms with E-state index in [1.807, 2.05) is 6.07 Å². The number of nitriles is 1. The first-order chi connectivity index (χ1) is 9.10. The van der Waals surface area contributed by atoms with Crippen LogP contribution in [0.5, 0.6) is 0 Å². The Kier molecular flexibility index (Phi) is 3.94. The van der Waals surface area contributed by atoms with Crippen molar-refractivity contribution in [3.63, 3.8) is 0 Å². The summed E-state index contributed by atoms with van der Waals surface area (Å²) in [7, 11) is 0. The Bertz CT molecular complexity index is 665. The molecule has 0 spiro atoms. The molecule has 96 valence electrons. The molecular formula is C11H7ClN4O2S. The number of aromatic nitrogens is 1. The van der Waals surface area contributed by atoms with Crippen LogP contribution in [0, 0.1) is 21.4 Å². The Morgan fingerprint density at radius 3 is 3.00 bits per heavy atom. The average Bonchev–Trinajstić information content (AvgIpc) is 2.77. The fourth-order valence-corrected chi connectivity index (χ4v) is 2.35. The van der Waals surface area contributed by atoms with E-state index >= 15 is 0 Å². The molecule has 19 heavy (non-hydrogen) atoms. The molecule has 6 nitrogen and oxygen atoms in total. The van der Waals surface area contributed by atoms with Crippen LogP contribution in [-0.4, -0.2) is 9.91 Å². The van der Waals surface area contributed by atoms with Crippen molar-refractivity contribution in [1.82, 2.24) is 4.98 Å². The van der Waals surface area contributed by atoms with Gasteiger partial charge in [0.2, 0.25) is 0 Å². The second-order valence-corrected chi connectivity index (χ2v) is 4.89. The van der Waals surface area contributed by atoms with E-state index in [2.05, 4.69) is 10.3 Å². The van der Waals surface area contributed by atoms with Gasteiger partial charge in [-0.15, -0.1) is 0 Å². The first kappa shape index (κ1) is 13.3. The van der Waals surface area contributed by atoms with Crippen molar-refractivity contribution in [3.8, 4) is 6.07 Å². The van der Waals surface area contributed by atoms with Gasteiger partial charge in [-0.1, -0.05) is 35.1 Å². The average molecular weight is 295 g/mol. The second-order valence-electron chi connectivity index (χ2n) is 3.53. The van der Waals surface area contributed by atoms with Crippen LogP contribution in [0.15, 0.2) is 24.3 Å². The lowest BCUT2D eigenvalue weighted by atomic mass is 10.2. The van der Waals surface area contributed by atoms with Crippen molar-refractivity contribution >= 4 is 33.8 Å². The molecule has 0 saturated heterocycles. The molecule has 0 radical (unpaired) electrons. The quantitative estimate of drug-likeness (QED) is 0.690. The fraction of sp³-hybridized carbons (Fsp3) is 0.0909. The highest BCUT2D eigenvalue weighted by atomic mass is 35.5. The highest BCUT2D eigenvalue weighted by Gasteiger charge is 2.09. The largest absolute Gasteiger partial charge is 0.357 e. The Morgan fingerprint density at radius 1 is 1.58 bits per heavy atom. The zero-order valence-electron chi connectivity index (χ0n) is 9.46. The summed E-state index contributed by atoms with van der Waals surface area (Å²) in [5.74, 6) is 0. The zero-order chi connectivity index (χ0) is 13.8. The molecule has 0 fully saturated rings. The number of rotatable bonds is 4. The lowest BCUT2D eigenvalue weighted by Crippen LogP contribution is -1.99. The van der Waals surface area contributed by atoms with Crippen molar-refractivity contribution in [1.29, 1.82) is 5.26 Å². The lowest BCUT2D eigenvalue weighted by molar-refractivity contribution is -0.384. The highest BCUT2D eigenvalue weighted by molar-refractivity contribution is 7.16. The molecule has 2 aromatic rings. The van der Waals surface area contributed by atoms with Crippen molar-refractivity contribution in [2.45, 2.75) is 6.54 Å². The summed E-state index contributed by atoms with van der Waals surface area (Å²) < 4.78 is 0. The van der Waals surface area contributed by atoms with Gasteiger partial charge in [0.05, 0.1) is 4.92 Å². The standard InChI is InChI=1S/C11H7ClN4O2S/c12-10-9(5-13)19-11(15-10)14-6-7-2-1-3-8(4-7)16(17)18/h1-4H,6H2,(H,14,15). The molecule has 0 aliphatic heterocycles. The molecule has 0 aliphatic rings. The van der Waals surface area contributed by atoms with Gasteiger partial charge < -0.3 is 5.32 Å². The van der Waals surface area contributed by atoms with Crippen LogP contribution in [-0.2, 0) is 6.54 Å². The molecule has 2 rings (SSSR count). The van der Waals surface area contributed by atoms with Crippen molar-refractivity contribution in [2.24, 2.45) is 0 Å². The molecule has 1 N–H and O–H groups in total. The third-order valence-corrected chi connectivity index (χ3v) is 3.56. The normalized spacial score (nSPS) is 9.89. The number of nitro groups is 1. The SMILES string of the molecule is N#Cc1sc(NCc2cccc([N+](=O)[O-])c2)nc1Cl. The molecule has 0 atom stereocenters. The minimum absolute atomic E-state index is 0.0363. The van der Waals surface area contributed by atoms with E-state index in [0.717, 1.165) is 16.9 Å². The van der Waals surface area contributed by atoms with Crippen molar-refractivity contribution < 1.29 is 4.92 Å². The number of anilines is 1. The molecule has 1 aromatic carbocycles. The number of thiazole rings is 1. The summed E-state index contributed by atoms with van der Waals surface area (Å²) >= 11 is 6.88. The third-order valence-electron chi connectivity index (χ3n) is 2.25. The van der Waals surface area contributed by atoms with Crippen LogP contribution in [0.25, 0.3) is 0 Å². The van der Waals surface area contributed by atoms with Gasteiger partial charge in [0.15, 0.2) is 10.3 Å². The first-order valence-corrected chi connectivity index (χ1v) is 6.33. The molecule has 0 aliphatic carbocycles. The number of nitrogens with one attached hydrogen (secondary N) is 1. The molecular weight excluding hydrogens is 288 g/mol. The number of hydrogen-bond acceptors (Lipinski definition) is 6. The molecule has 0 amide bonds. The zero-order valence-corrected chi connectivity index (χ0v) is 11.0. The van der Waals surface area contributed by atoms with Gasteiger partial charge in [0, 0.05) is 18.7 Å². The molecule has 1 heterocycles. The van der Waals surface area contributed by atoms with Gasteiger partial charge in [-0.2, -0.15) is 5.26 Å². The van der Waals surface area contributed by atoms with Crippen LogP contribution in [0.3, 0.4) is 0 Å². The third kappa shape index (κ3) is 3.19. The number of benzene rings is 1. The van der Waals surface area contributed by atoms with Crippen LogP contribution >= 0.6 is 22.9 Å². The fourth-order valence-electron chi connectivity index (χ4n) is 1.40. The second kappa shape index (κ2) is 5.65. The van der Waals surface area contributed by atoms with Crippen LogP contribution in [0.4, 0.5) is 10.8 Å². The Labute approximate surface area is 117 Å². The summed E-state index contributed by atoms with van der Waals surface area (Å²) in [6, 6.07) is 8.22. The van der Waals surface area contributed by atoms with Gasteiger partial charge in [-0.05, 0) is 5.56 Å². The smallest absolute Gasteiger partial charge is 0.269 e. The topological polar surface area (TPSA) is 91.8 Å². The Hall–Kier alpha value is -2.17. The van der Waals surface area contributed by atoms with Gasteiger partial charge in [0.25, 0.3) is 5.69 Å². The van der Waals surface area contributed by atoms with Gasteiger partial charge in [0.1, 0.15) is 10.9 Å². The predicted octanol–water partition coefficient (Wildman–Crippen LogP) is 3.19. The summed E-state index contributed by atoms with van der Waals surface area (Å²) in [4.78, 5) is 14.5. The number of nitro benzene ring substituents is 1. The Balaban J connectivity index is 2.08.